The molecule has 0 radical (unpaired) electrons. The van der Waals surface area contributed by atoms with Crippen LogP contribution in [0.2, 0.25) is 0 Å². The Kier molecular flexibility index (Phi) is 3.45. The van der Waals surface area contributed by atoms with Crippen molar-refractivity contribution in [1.82, 2.24) is 4.31 Å². The molecule has 20 heavy (non-hydrogen) atoms. The molecule has 1 aliphatic heterocycles. The number of benzene rings is 1. The standard InChI is InChI=1S/C13H19N3O3S/c14-15-10-2-4-11(5-3-10)20(18,19)16-7-9-1-6-13(17)12(9)8-16/h2-5,9,12-13,15,17H,1,6-8,14H2. The maximum Gasteiger partial charge on any atom is 0.243 e. The lowest BCUT2D eigenvalue weighted by molar-refractivity contribution is 0.129. The summed E-state index contributed by atoms with van der Waals surface area (Å²) in [6, 6.07) is 6.38. The van der Waals surface area contributed by atoms with Crippen LogP contribution in [0.3, 0.4) is 0 Å². The molecular weight excluding hydrogens is 278 g/mol. The van der Waals surface area contributed by atoms with Crippen LogP contribution >= 0.6 is 0 Å². The van der Waals surface area contributed by atoms with E-state index in [-0.39, 0.29) is 16.9 Å². The van der Waals surface area contributed by atoms with Gasteiger partial charge in [0.15, 0.2) is 0 Å². The monoisotopic (exact) mass is 297 g/mol. The first-order chi connectivity index (χ1) is 9.52. The van der Waals surface area contributed by atoms with Gasteiger partial charge in [-0.2, -0.15) is 4.31 Å². The van der Waals surface area contributed by atoms with Gasteiger partial charge in [-0.3, -0.25) is 5.84 Å². The zero-order valence-corrected chi connectivity index (χ0v) is 11.9. The molecule has 1 aliphatic carbocycles. The van der Waals surface area contributed by atoms with Crippen LogP contribution in [0.15, 0.2) is 29.2 Å². The van der Waals surface area contributed by atoms with Gasteiger partial charge in [0.05, 0.1) is 11.0 Å². The van der Waals surface area contributed by atoms with Crippen molar-refractivity contribution in [2.45, 2.75) is 23.8 Å². The molecule has 2 fully saturated rings. The van der Waals surface area contributed by atoms with E-state index >= 15 is 0 Å². The third-order valence-electron chi connectivity index (χ3n) is 4.44. The lowest BCUT2D eigenvalue weighted by atomic mass is 10.00. The van der Waals surface area contributed by atoms with Gasteiger partial charge in [0.1, 0.15) is 0 Å². The summed E-state index contributed by atoms with van der Waals surface area (Å²) < 4.78 is 26.6. The lowest BCUT2D eigenvalue weighted by Crippen LogP contribution is -2.31. The quantitative estimate of drug-likeness (QED) is 0.553. The number of nitrogen functional groups attached to an aromatic ring is 1. The Morgan fingerprint density at radius 2 is 1.90 bits per heavy atom. The van der Waals surface area contributed by atoms with Gasteiger partial charge in [0.25, 0.3) is 0 Å². The van der Waals surface area contributed by atoms with E-state index in [2.05, 4.69) is 5.43 Å². The number of hydrazine groups is 1. The maximum absolute atomic E-state index is 12.6. The summed E-state index contributed by atoms with van der Waals surface area (Å²) in [5, 5.41) is 9.88. The molecular formula is C13H19N3O3S. The number of sulfonamides is 1. The number of rotatable bonds is 3. The summed E-state index contributed by atoms with van der Waals surface area (Å²) in [6.07, 6.45) is 1.34. The summed E-state index contributed by atoms with van der Waals surface area (Å²) in [5.74, 6) is 5.66. The van der Waals surface area contributed by atoms with Crippen LogP contribution in [0, 0.1) is 11.8 Å². The van der Waals surface area contributed by atoms with E-state index in [1.165, 1.54) is 4.31 Å². The molecule has 3 unspecified atom stereocenters. The number of hydrogen-bond donors (Lipinski definition) is 3. The second-order valence-corrected chi connectivity index (χ2v) is 7.50. The fourth-order valence-electron chi connectivity index (χ4n) is 3.26. The number of fused-ring (bicyclic) bond motifs is 1. The Labute approximate surface area is 118 Å². The van der Waals surface area contributed by atoms with Crippen LogP contribution in [0.4, 0.5) is 5.69 Å². The van der Waals surface area contributed by atoms with Crippen molar-refractivity contribution in [3.63, 3.8) is 0 Å². The highest BCUT2D eigenvalue weighted by Gasteiger charge is 2.45. The van der Waals surface area contributed by atoms with Gasteiger partial charge in [-0.1, -0.05) is 0 Å². The van der Waals surface area contributed by atoms with E-state index in [0.717, 1.165) is 12.8 Å². The summed E-state index contributed by atoms with van der Waals surface area (Å²) in [6.45, 7) is 0.937. The largest absolute Gasteiger partial charge is 0.393 e. The van der Waals surface area contributed by atoms with Crippen molar-refractivity contribution in [3.8, 4) is 0 Å². The molecule has 1 saturated heterocycles. The predicted molar refractivity (Wildman–Crippen MR) is 75.2 cm³/mol. The highest BCUT2D eigenvalue weighted by atomic mass is 32.2. The van der Waals surface area contributed by atoms with Crippen LogP contribution in [0.1, 0.15) is 12.8 Å². The molecule has 0 amide bonds. The second kappa shape index (κ2) is 5.00. The molecule has 0 spiro atoms. The molecule has 1 heterocycles. The van der Waals surface area contributed by atoms with E-state index in [1.807, 2.05) is 0 Å². The molecule has 1 saturated carbocycles. The number of aliphatic hydroxyl groups is 1. The lowest BCUT2D eigenvalue weighted by Gasteiger charge is -2.18. The molecule has 3 rings (SSSR count). The first-order valence-electron chi connectivity index (χ1n) is 6.77. The number of aliphatic hydroxyl groups excluding tert-OH is 1. The predicted octanol–water partition coefficient (Wildman–Crippen LogP) is 0.364. The van der Waals surface area contributed by atoms with Crippen LogP contribution < -0.4 is 11.3 Å². The second-order valence-electron chi connectivity index (χ2n) is 5.56. The molecule has 7 heteroatoms. The smallest absolute Gasteiger partial charge is 0.243 e. The van der Waals surface area contributed by atoms with Crippen molar-refractivity contribution >= 4 is 15.7 Å². The Bertz CT molecular complexity index is 587. The van der Waals surface area contributed by atoms with Gasteiger partial charge in [0.2, 0.25) is 10.0 Å². The molecule has 1 aromatic rings. The van der Waals surface area contributed by atoms with Gasteiger partial charge in [0, 0.05) is 24.7 Å². The number of nitrogens with zero attached hydrogens (tertiary/aromatic N) is 1. The fraction of sp³-hybridized carbons (Fsp3) is 0.538. The highest BCUT2D eigenvalue weighted by Crippen LogP contribution is 2.40. The van der Waals surface area contributed by atoms with E-state index in [4.69, 9.17) is 5.84 Å². The number of anilines is 1. The van der Waals surface area contributed by atoms with E-state index in [9.17, 15) is 13.5 Å². The number of hydrogen-bond acceptors (Lipinski definition) is 5. The van der Waals surface area contributed by atoms with Crippen LogP contribution in [-0.4, -0.2) is 37.0 Å². The van der Waals surface area contributed by atoms with Crippen molar-refractivity contribution in [1.29, 1.82) is 0 Å². The van der Waals surface area contributed by atoms with Crippen molar-refractivity contribution in [2.24, 2.45) is 17.7 Å². The summed E-state index contributed by atoms with van der Waals surface area (Å²) >= 11 is 0. The molecule has 1 aromatic carbocycles. The molecule has 0 bridgehead atoms. The molecule has 6 nitrogen and oxygen atoms in total. The average molecular weight is 297 g/mol. The van der Waals surface area contributed by atoms with E-state index < -0.39 is 10.0 Å². The van der Waals surface area contributed by atoms with Crippen LogP contribution in [-0.2, 0) is 10.0 Å². The molecule has 0 aromatic heterocycles. The molecule has 110 valence electrons. The normalized spacial score (nSPS) is 30.4. The minimum Gasteiger partial charge on any atom is -0.393 e. The highest BCUT2D eigenvalue weighted by molar-refractivity contribution is 7.89. The first kappa shape index (κ1) is 13.8. The first-order valence-corrected chi connectivity index (χ1v) is 8.21. The van der Waals surface area contributed by atoms with Crippen molar-refractivity contribution in [3.05, 3.63) is 24.3 Å². The maximum atomic E-state index is 12.6. The summed E-state index contributed by atoms with van der Waals surface area (Å²) in [5.41, 5.74) is 3.14. The zero-order valence-electron chi connectivity index (χ0n) is 11.1. The van der Waals surface area contributed by atoms with Gasteiger partial charge in [-0.05, 0) is 43.0 Å². The Morgan fingerprint density at radius 3 is 2.50 bits per heavy atom. The third-order valence-corrected chi connectivity index (χ3v) is 6.29. The Balaban J connectivity index is 1.82. The van der Waals surface area contributed by atoms with Crippen LogP contribution in [0.25, 0.3) is 0 Å². The minimum absolute atomic E-state index is 0.0924. The molecule has 3 atom stereocenters. The fourth-order valence-corrected chi connectivity index (χ4v) is 4.80. The van der Waals surface area contributed by atoms with Crippen molar-refractivity contribution in [2.75, 3.05) is 18.5 Å². The van der Waals surface area contributed by atoms with Crippen molar-refractivity contribution < 1.29 is 13.5 Å². The summed E-state index contributed by atoms with van der Waals surface area (Å²) in [4.78, 5) is 0.269. The van der Waals surface area contributed by atoms with Gasteiger partial charge < -0.3 is 10.5 Å². The SMILES string of the molecule is NNc1ccc(S(=O)(=O)N2CC3CCC(O)C3C2)cc1. The Hall–Kier alpha value is -1.15. The van der Waals surface area contributed by atoms with Crippen LogP contribution in [0.5, 0.6) is 0 Å². The number of nitrogens with one attached hydrogen (secondary N) is 1. The molecule has 4 N–H and O–H groups in total. The zero-order chi connectivity index (χ0) is 14.3. The molecule has 2 aliphatic rings. The van der Waals surface area contributed by atoms with Gasteiger partial charge in [-0.25, -0.2) is 8.42 Å². The van der Waals surface area contributed by atoms with E-state index in [1.54, 1.807) is 24.3 Å². The van der Waals surface area contributed by atoms with Gasteiger partial charge >= 0.3 is 0 Å². The minimum atomic E-state index is -3.48. The topological polar surface area (TPSA) is 95.7 Å². The third kappa shape index (κ3) is 2.20. The Morgan fingerprint density at radius 1 is 1.20 bits per heavy atom. The summed E-state index contributed by atoms with van der Waals surface area (Å²) in [7, 11) is -3.48. The van der Waals surface area contributed by atoms with Gasteiger partial charge in [-0.15, -0.1) is 0 Å². The van der Waals surface area contributed by atoms with E-state index in [0.29, 0.717) is 24.7 Å². The number of nitrogens with two attached hydrogens (primary N) is 1. The average Bonchev–Trinajstić information content (AvgIpc) is 3.02.